The Morgan fingerprint density at radius 1 is 0.882 bits per heavy atom. The molecule has 1 saturated carbocycles. The summed E-state index contributed by atoms with van der Waals surface area (Å²) >= 11 is 0. The minimum atomic E-state index is -3.34. The highest BCUT2D eigenvalue weighted by Gasteiger charge is 2.40. The SMILES string of the molecule is COc1ccccc1C(=O)[C@@H](O)[C@@H](NP(=O)(c1ccccc1)c1ccccc1)C1CCCCC1. The smallest absolute Gasteiger partial charge is 0.204 e. The molecule has 1 aliphatic rings. The standard InChI is InChI=1S/C28H32NO4P/c1-33-25-20-12-11-19-24(25)27(30)28(31)26(21-13-5-2-6-14-21)29-34(32,22-15-7-3-8-16-22)23-17-9-4-10-18-23/h3-4,7-12,15-21,26,28,31H,2,5-6,13-14H2,1H3,(H,29,32)/t26-,28-/m0/s1. The van der Waals surface area contributed by atoms with Crippen LogP contribution in [0, 0.1) is 5.92 Å². The number of hydrogen-bond donors (Lipinski definition) is 2. The molecule has 2 atom stereocenters. The van der Waals surface area contributed by atoms with Crippen LogP contribution in [0.5, 0.6) is 5.75 Å². The number of Topliss-reactive ketones (excluding diaryl/α,β-unsaturated/α-hetero) is 1. The van der Waals surface area contributed by atoms with E-state index in [2.05, 4.69) is 5.09 Å². The number of hydrogen-bond acceptors (Lipinski definition) is 4. The van der Waals surface area contributed by atoms with Crippen molar-refractivity contribution >= 4 is 23.7 Å². The van der Waals surface area contributed by atoms with Crippen LogP contribution in [0.2, 0.25) is 0 Å². The Morgan fingerprint density at radius 3 is 1.97 bits per heavy atom. The quantitative estimate of drug-likeness (QED) is 0.345. The van der Waals surface area contributed by atoms with Gasteiger partial charge in [-0.15, -0.1) is 0 Å². The summed E-state index contributed by atoms with van der Waals surface area (Å²) in [6.07, 6.45) is 3.57. The van der Waals surface area contributed by atoms with Crippen LogP contribution < -0.4 is 20.4 Å². The number of carbonyl (C=O) groups excluding carboxylic acids is 1. The minimum absolute atomic E-state index is 0.0307. The predicted octanol–water partition coefficient (Wildman–Crippen LogP) is 4.71. The lowest BCUT2D eigenvalue weighted by Crippen LogP contribution is -2.50. The van der Waals surface area contributed by atoms with Crippen LogP contribution in [0.25, 0.3) is 0 Å². The number of aliphatic hydroxyl groups is 1. The first-order valence-corrected chi connectivity index (χ1v) is 13.6. The van der Waals surface area contributed by atoms with Gasteiger partial charge < -0.3 is 9.84 Å². The Labute approximate surface area is 201 Å². The molecule has 1 aliphatic carbocycles. The van der Waals surface area contributed by atoms with E-state index < -0.39 is 25.2 Å². The van der Waals surface area contributed by atoms with Crippen LogP contribution in [0.4, 0.5) is 0 Å². The molecule has 1 fully saturated rings. The molecule has 6 heteroatoms. The van der Waals surface area contributed by atoms with Crippen LogP contribution in [0.1, 0.15) is 42.5 Å². The summed E-state index contributed by atoms with van der Waals surface area (Å²) in [4.78, 5) is 13.5. The molecule has 178 valence electrons. The molecule has 0 heterocycles. The summed E-state index contributed by atoms with van der Waals surface area (Å²) in [7, 11) is -1.84. The van der Waals surface area contributed by atoms with Crippen molar-refractivity contribution in [2.75, 3.05) is 7.11 Å². The molecule has 0 bridgehead atoms. The molecule has 0 radical (unpaired) electrons. The van der Waals surface area contributed by atoms with Crippen LogP contribution in [0.3, 0.4) is 0 Å². The third-order valence-electron chi connectivity index (χ3n) is 6.71. The number of aliphatic hydroxyl groups excluding tert-OH is 1. The second kappa shape index (κ2) is 11.1. The summed E-state index contributed by atoms with van der Waals surface area (Å²) < 4.78 is 20.1. The Bertz CT molecular complexity index is 1090. The van der Waals surface area contributed by atoms with Gasteiger partial charge in [-0.2, -0.15) is 0 Å². The van der Waals surface area contributed by atoms with Crippen molar-refractivity contribution in [1.82, 2.24) is 5.09 Å². The van der Waals surface area contributed by atoms with Gasteiger partial charge in [-0.25, -0.2) is 0 Å². The topological polar surface area (TPSA) is 75.6 Å². The van der Waals surface area contributed by atoms with Gasteiger partial charge in [0, 0.05) is 16.7 Å². The van der Waals surface area contributed by atoms with Crippen molar-refractivity contribution in [3.63, 3.8) is 0 Å². The minimum Gasteiger partial charge on any atom is -0.496 e. The molecule has 0 unspecified atom stereocenters. The molecule has 3 aromatic rings. The lowest BCUT2D eigenvalue weighted by atomic mass is 9.80. The number of ether oxygens (including phenoxy) is 1. The Kier molecular flexibility index (Phi) is 7.99. The molecule has 5 nitrogen and oxygen atoms in total. The number of ketones is 1. The summed E-state index contributed by atoms with van der Waals surface area (Å²) in [6.45, 7) is 0. The van der Waals surface area contributed by atoms with E-state index in [9.17, 15) is 14.5 Å². The monoisotopic (exact) mass is 477 g/mol. The molecule has 0 aliphatic heterocycles. The normalized spacial score (nSPS) is 16.5. The average molecular weight is 478 g/mol. The lowest BCUT2D eigenvalue weighted by molar-refractivity contribution is 0.0579. The van der Waals surface area contributed by atoms with E-state index in [0.717, 1.165) is 32.1 Å². The van der Waals surface area contributed by atoms with E-state index in [-0.39, 0.29) is 5.92 Å². The third kappa shape index (κ3) is 5.17. The average Bonchev–Trinajstić information content (AvgIpc) is 2.92. The maximum Gasteiger partial charge on any atom is 0.204 e. The van der Waals surface area contributed by atoms with E-state index in [4.69, 9.17) is 4.74 Å². The maximum atomic E-state index is 14.7. The van der Waals surface area contributed by atoms with Crippen LogP contribution in [-0.4, -0.2) is 30.1 Å². The molecule has 0 aromatic heterocycles. The first-order valence-electron chi connectivity index (χ1n) is 11.9. The zero-order valence-electron chi connectivity index (χ0n) is 19.5. The number of para-hydroxylation sites is 1. The van der Waals surface area contributed by atoms with Crippen molar-refractivity contribution in [2.45, 2.75) is 44.2 Å². The molecule has 0 saturated heterocycles. The van der Waals surface area contributed by atoms with Crippen molar-refractivity contribution < 1.29 is 19.2 Å². The van der Waals surface area contributed by atoms with E-state index >= 15 is 0 Å². The molecular formula is C28H32NO4P. The summed E-state index contributed by atoms with van der Waals surface area (Å²) in [5, 5.41) is 16.1. The third-order valence-corrected chi connectivity index (χ3v) is 9.42. The van der Waals surface area contributed by atoms with Gasteiger partial charge in [0.15, 0.2) is 5.78 Å². The molecule has 3 aromatic carbocycles. The van der Waals surface area contributed by atoms with Crippen LogP contribution >= 0.6 is 7.29 Å². The van der Waals surface area contributed by atoms with Crippen molar-refractivity contribution in [3.05, 3.63) is 90.5 Å². The van der Waals surface area contributed by atoms with E-state index in [1.54, 1.807) is 24.3 Å². The zero-order valence-corrected chi connectivity index (χ0v) is 20.4. The van der Waals surface area contributed by atoms with Gasteiger partial charge >= 0.3 is 0 Å². The largest absolute Gasteiger partial charge is 0.496 e. The highest BCUT2D eigenvalue weighted by atomic mass is 31.2. The Morgan fingerprint density at radius 2 is 1.41 bits per heavy atom. The number of methoxy groups -OCH3 is 1. The first kappa shape index (κ1) is 24.4. The summed E-state index contributed by atoms with van der Waals surface area (Å²) in [5.41, 5.74) is 0.328. The van der Waals surface area contributed by atoms with Gasteiger partial charge in [0.25, 0.3) is 0 Å². The predicted molar refractivity (Wildman–Crippen MR) is 137 cm³/mol. The van der Waals surface area contributed by atoms with Gasteiger partial charge in [-0.3, -0.25) is 14.4 Å². The van der Waals surface area contributed by atoms with E-state index in [0.29, 0.717) is 21.9 Å². The van der Waals surface area contributed by atoms with Crippen molar-refractivity contribution in [3.8, 4) is 5.75 Å². The van der Waals surface area contributed by atoms with E-state index in [1.807, 2.05) is 60.7 Å². The lowest BCUT2D eigenvalue weighted by Gasteiger charge is -2.36. The van der Waals surface area contributed by atoms with Crippen LogP contribution in [0.15, 0.2) is 84.9 Å². The second-order valence-corrected chi connectivity index (χ2v) is 11.4. The Balaban J connectivity index is 1.75. The molecule has 4 rings (SSSR count). The zero-order chi connectivity index (χ0) is 24.0. The van der Waals surface area contributed by atoms with Gasteiger partial charge in [-0.1, -0.05) is 67.8 Å². The number of carbonyl (C=O) groups is 1. The summed E-state index contributed by atoms with van der Waals surface area (Å²) in [5.74, 6) is 0.0274. The molecule has 0 spiro atoms. The highest BCUT2D eigenvalue weighted by Crippen LogP contribution is 2.42. The van der Waals surface area contributed by atoms with Gasteiger partial charge in [0.2, 0.25) is 7.29 Å². The van der Waals surface area contributed by atoms with Gasteiger partial charge in [0.1, 0.15) is 11.9 Å². The fourth-order valence-electron chi connectivity index (χ4n) is 4.88. The summed E-state index contributed by atoms with van der Waals surface area (Å²) in [6, 6.07) is 24.8. The van der Waals surface area contributed by atoms with Gasteiger partial charge in [0.05, 0.1) is 12.7 Å². The molecular weight excluding hydrogens is 445 g/mol. The van der Waals surface area contributed by atoms with E-state index in [1.165, 1.54) is 7.11 Å². The maximum absolute atomic E-state index is 14.7. The number of rotatable bonds is 9. The fraction of sp³-hybridized carbons (Fsp3) is 0.321. The van der Waals surface area contributed by atoms with Crippen molar-refractivity contribution in [2.24, 2.45) is 5.92 Å². The number of nitrogens with one attached hydrogen (secondary N) is 1. The van der Waals surface area contributed by atoms with Gasteiger partial charge in [-0.05, 0) is 55.2 Å². The van der Waals surface area contributed by atoms with Crippen LogP contribution in [-0.2, 0) is 4.57 Å². The molecule has 34 heavy (non-hydrogen) atoms. The second-order valence-electron chi connectivity index (χ2n) is 8.84. The Hall–Kier alpha value is -2.72. The first-order chi connectivity index (χ1) is 16.5. The molecule has 2 N–H and O–H groups in total. The highest BCUT2D eigenvalue weighted by molar-refractivity contribution is 7.76. The number of benzene rings is 3. The van der Waals surface area contributed by atoms with Crippen molar-refractivity contribution in [1.29, 1.82) is 0 Å². The fourth-order valence-corrected chi connectivity index (χ4v) is 7.43. The molecule has 0 amide bonds.